The molecule has 1 atom stereocenters. The number of carbonyl (C=O) groups is 1. The van der Waals surface area contributed by atoms with Gasteiger partial charge >= 0.3 is 0 Å². The van der Waals surface area contributed by atoms with Crippen LogP contribution in [0.2, 0.25) is 0 Å². The topological polar surface area (TPSA) is 68.1 Å². The molecule has 0 aliphatic carbocycles. The van der Waals surface area contributed by atoms with Gasteiger partial charge in [0, 0.05) is 37.1 Å². The normalized spacial score (nSPS) is 11.7. The maximum atomic E-state index is 13.6. The molecule has 1 amide bonds. The fourth-order valence-corrected chi connectivity index (χ4v) is 3.57. The Bertz CT molecular complexity index is 1180. The van der Waals surface area contributed by atoms with Crippen LogP contribution >= 0.6 is 0 Å². The zero-order valence-corrected chi connectivity index (χ0v) is 17.8. The van der Waals surface area contributed by atoms with Gasteiger partial charge in [0.1, 0.15) is 6.04 Å². The van der Waals surface area contributed by atoms with Crippen LogP contribution in [-0.4, -0.2) is 25.6 Å². The van der Waals surface area contributed by atoms with Crippen molar-refractivity contribution >= 4 is 5.91 Å². The molecule has 2 aromatic carbocycles. The Morgan fingerprint density at radius 2 is 1.41 bits per heavy atom. The number of benzene rings is 2. The monoisotopic (exact) mass is 424 g/mol. The molecule has 2 heterocycles. The summed E-state index contributed by atoms with van der Waals surface area (Å²) in [5.41, 5.74) is 3.18. The maximum Gasteiger partial charge on any atom is 0.267 e. The van der Waals surface area contributed by atoms with Gasteiger partial charge in [0.05, 0.1) is 5.69 Å². The minimum Gasteiger partial charge on any atom is -0.332 e. The van der Waals surface area contributed by atoms with Crippen molar-refractivity contribution in [2.45, 2.75) is 26.1 Å². The molecular formula is C26H24N4O2. The lowest BCUT2D eigenvalue weighted by molar-refractivity contribution is -0.136. The zero-order valence-electron chi connectivity index (χ0n) is 17.8. The highest BCUT2D eigenvalue weighted by Crippen LogP contribution is 2.18. The van der Waals surface area contributed by atoms with Gasteiger partial charge in [-0.05, 0) is 36.2 Å². The summed E-state index contributed by atoms with van der Waals surface area (Å²) in [6.45, 7) is 2.60. The number of carbonyl (C=O) groups excluding carboxylic acids is 1. The number of amides is 1. The molecule has 32 heavy (non-hydrogen) atoms. The number of hydrogen-bond donors (Lipinski definition) is 0. The van der Waals surface area contributed by atoms with E-state index in [9.17, 15) is 9.59 Å². The Hall–Kier alpha value is -4.06. The second-order valence-corrected chi connectivity index (χ2v) is 7.58. The lowest BCUT2D eigenvalue weighted by Gasteiger charge is -2.26. The second-order valence-electron chi connectivity index (χ2n) is 7.58. The largest absolute Gasteiger partial charge is 0.332 e. The molecule has 0 spiro atoms. The van der Waals surface area contributed by atoms with Crippen molar-refractivity contribution in [1.82, 2.24) is 19.7 Å². The number of hydrogen-bond acceptors (Lipinski definition) is 4. The van der Waals surface area contributed by atoms with E-state index in [2.05, 4.69) is 10.1 Å². The van der Waals surface area contributed by atoms with Gasteiger partial charge in [0.2, 0.25) is 5.91 Å². The molecule has 4 rings (SSSR count). The third-order valence-corrected chi connectivity index (χ3v) is 5.27. The molecule has 0 saturated carbocycles. The van der Waals surface area contributed by atoms with Crippen molar-refractivity contribution in [3.8, 4) is 11.3 Å². The quantitative estimate of drug-likeness (QED) is 0.448. The van der Waals surface area contributed by atoms with Crippen LogP contribution in [0.3, 0.4) is 0 Å². The summed E-state index contributed by atoms with van der Waals surface area (Å²) in [5, 5.41) is 4.49. The van der Waals surface area contributed by atoms with E-state index in [1.54, 1.807) is 30.3 Å². The first-order chi connectivity index (χ1) is 15.6. The summed E-state index contributed by atoms with van der Waals surface area (Å²) in [6, 6.07) is 25.7. The van der Waals surface area contributed by atoms with E-state index in [0.717, 1.165) is 16.7 Å². The van der Waals surface area contributed by atoms with Crippen molar-refractivity contribution in [1.29, 1.82) is 0 Å². The second kappa shape index (κ2) is 9.83. The Morgan fingerprint density at radius 3 is 1.97 bits per heavy atom. The number of nitrogens with zero attached hydrogens (tertiary/aromatic N) is 4. The first-order valence-corrected chi connectivity index (χ1v) is 10.5. The fraction of sp³-hybridized carbons (Fsp3) is 0.154. The molecule has 0 radical (unpaired) electrons. The van der Waals surface area contributed by atoms with Gasteiger partial charge in [-0.3, -0.25) is 14.6 Å². The van der Waals surface area contributed by atoms with Crippen LogP contribution in [-0.2, 0) is 17.9 Å². The summed E-state index contributed by atoms with van der Waals surface area (Å²) in [4.78, 5) is 32.0. The van der Waals surface area contributed by atoms with Crippen molar-refractivity contribution in [2.75, 3.05) is 0 Å². The first-order valence-electron chi connectivity index (χ1n) is 10.5. The number of aromatic nitrogens is 3. The minimum atomic E-state index is -0.753. The predicted molar refractivity (Wildman–Crippen MR) is 124 cm³/mol. The van der Waals surface area contributed by atoms with Crippen LogP contribution in [0.25, 0.3) is 11.3 Å². The van der Waals surface area contributed by atoms with Crippen molar-refractivity contribution in [3.05, 3.63) is 119 Å². The SMILES string of the molecule is CC(C(=O)N(Cc1ccccc1)Cc1ccccc1)n1nc(-c2ccncc2)ccc1=O. The van der Waals surface area contributed by atoms with Crippen LogP contribution in [0.15, 0.2) is 102 Å². The van der Waals surface area contributed by atoms with Crippen molar-refractivity contribution in [2.24, 2.45) is 0 Å². The maximum absolute atomic E-state index is 13.6. The third kappa shape index (κ3) is 4.98. The summed E-state index contributed by atoms with van der Waals surface area (Å²) in [7, 11) is 0. The molecule has 4 aromatic rings. The lowest BCUT2D eigenvalue weighted by Crippen LogP contribution is -2.39. The van der Waals surface area contributed by atoms with E-state index in [-0.39, 0.29) is 11.5 Å². The highest BCUT2D eigenvalue weighted by molar-refractivity contribution is 5.80. The highest BCUT2D eigenvalue weighted by atomic mass is 16.2. The number of pyridine rings is 1. The Morgan fingerprint density at radius 1 is 0.844 bits per heavy atom. The Kier molecular flexibility index (Phi) is 6.51. The zero-order chi connectivity index (χ0) is 22.3. The van der Waals surface area contributed by atoms with Gasteiger partial charge < -0.3 is 4.90 Å². The van der Waals surface area contributed by atoms with Gasteiger partial charge in [-0.2, -0.15) is 5.10 Å². The molecule has 0 bridgehead atoms. The van der Waals surface area contributed by atoms with Crippen LogP contribution < -0.4 is 5.56 Å². The third-order valence-electron chi connectivity index (χ3n) is 5.27. The molecular weight excluding hydrogens is 400 g/mol. The van der Waals surface area contributed by atoms with Gasteiger partial charge in [-0.25, -0.2) is 4.68 Å². The molecule has 160 valence electrons. The minimum absolute atomic E-state index is 0.167. The molecule has 0 N–H and O–H groups in total. The van der Waals surface area contributed by atoms with E-state index >= 15 is 0 Å². The Balaban J connectivity index is 1.64. The molecule has 2 aromatic heterocycles. The van der Waals surface area contributed by atoms with Crippen LogP contribution in [0, 0.1) is 0 Å². The molecule has 6 nitrogen and oxygen atoms in total. The average Bonchev–Trinajstić information content (AvgIpc) is 2.85. The smallest absolute Gasteiger partial charge is 0.267 e. The Labute approximate surface area is 186 Å². The first kappa shape index (κ1) is 21.2. The standard InChI is InChI=1S/C26H24N4O2/c1-20(30-25(31)13-12-24(28-30)23-14-16-27-17-15-23)26(32)29(18-21-8-4-2-5-9-21)19-22-10-6-3-7-11-22/h2-17,20H,18-19H2,1H3. The molecule has 6 heteroatoms. The van der Waals surface area contributed by atoms with Crippen molar-refractivity contribution < 1.29 is 4.79 Å². The highest BCUT2D eigenvalue weighted by Gasteiger charge is 2.24. The lowest BCUT2D eigenvalue weighted by atomic mass is 10.1. The summed E-state index contributed by atoms with van der Waals surface area (Å²) in [6.07, 6.45) is 3.34. The van der Waals surface area contributed by atoms with Gasteiger partial charge in [0.25, 0.3) is 5.56 Å². The summed E-state index contributed by atoms with van der Waals surface area (Å²) >= 11 is 0. The predicted octanol–water partition coefficient (Wildman–Crippen LogP) is 4.10. The van der Waals surface area contributed by atoms with E-state index in [4.69, 9.17) is 0 Å². The van der Waals surface area contributed by atoms with Crippen LogP contribution in [0.4, 0.5) is 0 Å². The van der Waals surface area contributed by atoms with E-state index in [1.165, 1.54) is 10.7 Å². The molecule has 0 aliphatic heterocycles. The summed E-state index contributed by atoms with van der Waals surface area (Å²) in [5.74, 6) is -0.167. The molecule has 1 unspecified atom stereocenters. The molecule has 0 aliphatic rings. The summed E-state index contributed by atoms with van der Waals surface area (Å²) < 4.78 is 1.26. The number of rotatable bonds is 7. The molecule has 0 fully saturated rings. The van der Waals surface area contributed by atoms with E-state index < -0.39 is 6.04 Å². The van der Waals surface area contributed by atoms with Crippen LogP contribution in [0.5, 0.6) is 0 Å². The van der Waals surface area contributed by atoms with Gasteiger partial charge in [0.15, 0.2) is 0 Å². The van der Waals surface area contributed by atoms with E-state index in [0.29, 0.717) is 18.8 Å². The average molecular weight is 425 g/mol. The van der Waals surface area contributed by atoms with Gasteiger partial charge in [-0.1, -0.05) is 60.7 Å². The fourth-order valence-electron chi connectivity index (χ4n) is 3.57. The van der Waals surface area contributed by atoms with Crippen LogP contribution in [0.1, 0.15) is 24.1 Å². The van der Waals surface area contributed by atoms with Gasteiger partial charge in [-0.15, -0.1) is 0 Å². The van der Waals surface area contributed by atoms with Crippen molar-refractivity contribution in [3.63, 3.8) is 0 Å². The van der Waals surface area contributed by atoms with E-state index in [1.807, 2.05) is 72.8 Å². The molecule has 0 saturated heterocycles.